The summed E-state index contributed by atoms with van der Waals surface area (Å²) in [5.74, 6) is 0. The van der Waals surface area contributed by atoms with E-state index in [1.165, 1.54) is 6.07 Å². The molecule has 7 heteroatoms. The van der Waals surface area contributed by atoms with Gasteiger partial charge in [-0.3, -0.25) is 14.7 Å². The maximum atomic E-state index is 10.7. The summed E-state index contributed by atoms with van der Waals surface area (Å²) < 4.78 is 30.1. The molecule has 0 aromatic heterocycles. The van der Waals surface area contributed by atoms with Gasteiger partial charge in [-0.2, -0.15) is 8.42 Å². The number of hydrogen-bond acceptors (Lipinski definition) is 4. The summed E-state index contributed by atoms with van der Waals surface area (Å²) in [5.41, 5.74) is -0.0726. The molecule has 90 valence electrons. The first-order chi connectivity index (χ1) is 7.32. The third-order valence-corrected chi connectivity index (χ3v) is 2.49. The summed E-state index contributed by atoms with van der Waals surface area (Å²) in [4.78, 5) is 8.91. The number of benzene rings is 1. The van der Waals surface area contributed by atoms with Crippen molar-refractivity contribution in [2.45, 2.75) is 25.7 Å². The minimum absolute atomic E-state index is 0.545. The monoisotopic (exact) mass is 247 g/mol. The van der Waals surface area contributed by atoms with Gasteiger partial charge in [-0.25, -0.2) is 0 Å². The zero-order valence-corrected chi connectivity index (χ0v) is 9.98. The highest BCUT2D eigenvalue weighted by Crippen LogP contribution is 2.24. The average Bonchev–Trinajstić information content (AvgIpc) is 2.18. The van der Waals surface area contributed by atoms with Crippen LogP contribution < -0.4 is 0 Å². The van der Waals surface area contributed by atoms with Gasteiger partial charge < -0.3 is 0 Å². The van der Waals surface area contributed by atoms with E-state index in [0.717, 1.165) is 12.1 Å². The Morgan fingerprint density at radius 2 is 1.81 bits per heavy atom. The molecule has 1 N–H and O–H groups in total. The third-order valence-electron chi connectivity index (χ3n) is 1.59. The molecule has 1 aromatic rings. The molecule has 0 heterocycles. The SMILES string of the molecule is CC.Cc1ccc(S(=O)(=O)O)c([N+](=O)[O-])c1. The Morgan fingerprint density at radius 3 is 2.19 bits per heavy atom. The summed E-state index contributed by atoms with van der Waals surface area (Å²) in [6.07, 6.45) is 0. The Labute approximate surface area is 93.8 Å². The van der Waals surface area contributed by atoms with Crippen LogP contribution in [0.5, 0.6) is 0 Å². The molecule has 0 unspecified atom stereocenters. The van der Waals surface area contributed by atoms with Gasteiger partial charge in [0.1, 0.15) is 0 Å². The topological polar surface area (TPSA) is 97.5 Å². The minimum Gasteiger partial charge on any atom is -0.282 e. The lowest BCUT2D eigenvalue weighted by Crippen LogP contribution is -2.03. The molecule has 1 aromatic carbocycles. The summed E-state index contributed by atoms with van der Waals surface area (Å²) >= 11 is 0. The second-order valence-electron chi connectivity index (χ2n) is 2.70. The molecule has 0 amide bonds. The fourth-order valence-corrected chi connectivity index (χ4v) is 1.63. The van der Waals surface area contributed by atoms with Crippen LogP contribution >= 0.6 is 0 Å². The molecule has 1 rings (SSSR count). The molecule has 0 aliphatic rings. The molecule has 0 saturated carbocycles. The predicted molar refractivity (Wildman–Crippen MR) is 59.0 cm³/mol. The van der Waals surface area contributed by atoms with Gasteiger partial charge in [0.2, 0.25) is 0 Å². The van der Waals surface area contributed by atoms with Crippen molar-refractivity contribution < 1.29 is 17.9 Å². The van der Waals surface area contributed by atoms with Crippen LogP contribution in [0.1, 0.15) is 19.4 Å². The van der Waals surface area contributed by atoms with E-state index < -0.39 is 25.6 Å². The van der Waals surface area contributed by atoms with Crippen LogP contribution in [0.15, 0.2) is 23.1 Å². The number of nitro groups is 1. The van der Waals surface area contributed by atoms with Gasteiger partial charge in [-0.1, -0.05) is 19.9 Å². The van der Waals surface area contributed by atoms with Gasteiger partial charge in [0.25, 0.3) is 5.69 Å². The normalized spacial score (nSPS) is 10.2. The van der Waals surface area contributed by atoms with Gasteiger partial charge in [-0.05, 0) is 18.6 Å². The largest absolute Gasteiger partial charge is 0.301 e. The zero-order chi connectivity index (χ0) is 12.9. The van der Waals surface area contributed by atoms with Crippen molar-refractivity contribution in [3.05, 3.63) is 33.9 Å². The Morgan fingerprint density at radius 1 is 1.31 bits per heavy atom. The first kappa shape index (κ1) is 14.5. The maximum absolute atomic E-state index is 10.7. The van der Waals surface area contributed by atoms with E-state index in [-0.39, 0.29) is 0 Å². The van der Waals surface area contributed by atoms with Crippen molar-refractivity contribution in [1.29, 1.82) is 0 Å². The second-order valence-corrected chi connectivity index (χ2v) is 4.09. The molecule has 0 bridgehead atoms. The van der Waals surface area contributed by atoms with Crippen molar-refractivity contribution in [3.63, 3.8) is 0 Å². The predicted octanol–water partition coefficient (Wildman–Crippen LogP) is 2.18. The van der Waals surface area contributed by atoms with E-state index in [4.69, 9.17) is 4.55 Å². The number of hydrogen-bond donors (Lipinski definition) is 1. The number of nitrogens with zero attached hydrogens (tertiary/aromatic N) is 1. The standard InChI is InChI=1S/C7H7NO5S.C2H6/c1-5-2-3-7(14(11,12)13)6(4-5)8(9)10;1-2/h2-4H,1H3,(H,11,12,13);1-2H3. The molecular weight excluding hydrogens is 234 g/mol. The van der Waals surface area contributed by atoms with E-state index in [9.17, 15) is 18.5 Å². The van der Waals surface area contributed by atoms with Crippen molar-refractivity contribution in [2.75, 3.05) is 0 Å². The van der Waals surface area contributed by atoms with E-state index in [2.05, 4.69) is 0 Å². The Balaban J connectivity index is 0.00000106. The number of rotatable bonds is 2. The Hall–Kier alpha value is -1.47. The number of nitro benzene ring substituents is 1. The van der Waals surface area contributed by atoms with Gasteiger partial charge in [0, 0.05) is 6.07 Å². The van der Waals surface area contributed by atoms with Crippen LogP contribution in [-0.4, -0.2) is 17.9 Å². The quantitative estimate of drug-likeness (QED) is 0.490. The summed E-state index contributed by atoms with van der Waals surface area (Å²) in [6.45, 7) is 5.58. The Kier molecular flexibility index (Phi) is 5.06. The fraction of sp³-hybridized carbons (Fsp3) is 0.333. The van der Waals surface area contributed by atoms with Crippen LogP contribution in [-0.2, 0) is 10.1 Å². The molecule has 0 saturated heterocycles. The molecule has 0 fully saturated rings. The van der Waals surface area contributed by atoms with E-state index >= 15 is 0 Å². The molecule has 0 spiro atoms. The molecule has 6 nitrogen and oxygen atoms in total. The lowest BCUT2D eigenvalue weighted by Gasteiger charge is -1.99. The highest BCUT2D eigenvalue weighted by Gasteiger charge is 2.23. The highest BCUT2D eigenvalue weighted by atomic mass is 32.2. The maximum Gasteiger partial charge on any atom is 0.301 e. The second kappa shape index (κ2) is 5.57. The van der Waals surface area contributed by atoms with Crippen molar-refractivity contribution in [2.24, 2.45) is 0 Å². The minimum atomic E-state index is -4.54. The first-order valence-corrected chi connectivity index (χ1v) is 5.99. The molecule has 0 atom stereocenters. The van der Waals surface area contributed by atoms with E-state index in [1.807, 2.05) is 13.8 Å². The first-order valence-electron chi connectivity index (χ1n) is 4.55. The molecule has 16 heavy (non-hydrogen) atoms. The van der Waals surface area contributed by atoms with Crippen LogP contribution in [0, 0.1) is 17.0 Å². The van der Waals surface area contributed by atoms with E-state index in [1.54, 1.807) is 6.92 Å². The number of aryl methyl sites for hydroxylation is 1. The molecule has 0 aliphatic carbocycles. The molecule has 0 radical (unpaired) electrons. The fourth-order valence-electron chi connectivity index (χ4n) is 0.988. The lowest BCUT2D eigenvalue weighted by atomic mass is 10.2. The van der Waals surface area contributed by atoms with E-state index in [0.29, 0.717) is 5.56 Å². The van der Waals surface area contributed by atoms with Crippen LogP contribution in [0.4, 0.5) is 5.69 Å². The van der Waals surface area contributed by atoms with Crippen molar-refractivity contribution in [1.82, 2.24) is 0 Å². The van der Waals surface area contributed by atoms with Crippen LogP contribution in [0.3, 0.4) is 0 Å². The summed E-state index contributed by atoms with van der Waals surface area (Å²) in [7, 11) is -4.54. The smallest absolute Gasteiger partial charge is 0.282 e. The zero-order valence-electron chi connectivity index (χ0n) is 9.17. The van der Waals surface area contributed by atoms with Gasteiger partial charge in [-0.15, -0.1) is 0 Å². The van der Waals surface area contributed by atoms with Crippen LogP contribution in [0.2, 0.25) is 0 Å². The van der Waals surface area contributed by atoms with Crippen LogP contribution in [0.25, 0.3) is 0 Å². The Bertz CT molecular complexity index is 481. The average molecular weight is 247 g/mol. The highest BCUT2D eigenvalue weighted by molar-refractivity contribution is 7.86. The third kappa shape index (κ3) is 3.59. The molecular formula is C9H13NO5S. The van der Waals surface area contributed by atoms with Crippen molar-refractivity contribution >= 4 is 15.8 Å². The van der Waals surface area contributed by atoms with Gasteiger partial charge in [0.15, 0.2) is 4.90 Å². The summed E-state index contributed by atoms with van der Waals surface area (Å²) in [6, 6.07) is 3.46. The van der Waals surface area contributed by atoms with Crippen molar-refractivity contribution in [3.8, 4) is 0 Å². The lowest BCUT2D eigenvalue weighted by molar-refractivity contribution is -0.387. The summed E-state index contributed by atoms with van der Waals surface area (Å²) in [5, 5.41) is 10.5. The van der Waals surface area contributed by atoms with Gasteiger partial charge >= 0.3 is 10.1 Å². The van der Waals surface area contributed by atoms with Gasteiger partial charge in [0.05, 0.1) is 4.92 Å². The molecule has 0 aliphatic heterocycles.